The summed E-state index contributed by atoms with van der Waals surface area (Å²) in [6, 6.07) is 14.5. The van der Waals surface area contributed by atoms with Crippen molar-refractivity contribution in [2.75, 3.05) is 17.2 Å². The van der Waals surface area contributed by atoms with Crippen molar-refractivity contribution in [2.24, 2.45) is 0 Å². The maximum atomic E-state index is 12.3. The molecule has 2 aromatic carbocycles. The van der Waals surface area contributed by atoms with E-state index in [0.717, 1.165) is 17.8 Å². The van der Waals surface area contributed by atoms with Crippen molar-refractivity contribution in [1.29, 1.82) is 5.26 Å². The molecule has 0 spiro atoms. The Bertz CT molecular complexity index is 684. The van der Waals surface area contributed by atoms with Crippen LogP contribution >= 0.6 is 0 Å². The van der Waals surface area contributed by atoms with Gasteiger partial charge in [0.25, 0.3) is 5.91 Å². The molecule has 2 rings (SSSR count). The number of hydrogen-bond acceptors (Lipinski definition) is 3. The smallest absolute Gasteiger partial charge is 0.255 e. The van der Waals surface area contributed by atoms with Gasteiger partial charge in [0.15, 0.2) is 0 Å². The summed E-state index contributed by atoms with van der Waals surface area (Å²) in [4.78, 5) is 12.3. The highest BCUT2D eigenvalue weighted by Gasteiger charge is 2.09. The van der Waals surface area contributed by atoms with Crippen LogP contribution in [0.2, 0.25) is 0 Å². The Kier molecular flexibility index (Phi) is 4.57. The van der Waals surface area contributed by atoms with Crippen LogP contribution in [0.25, 0.3) is 0 Å². The minimum Gasteiger partial charge on any atom is -0.385 e. The standard InChI is InChI=1S/C17H17N3O/c1-3-19-15-8-9-16(12(2)10-15)17(21)20-14-6-4-13(11-18)5-7-14/h4-10,19H,3H2,1-2H3,(H,20,21). The highest BCUT2D eigenvalue weighted by atomic mass is 16.1. The second-order valence-electron chi connectivity index (χ2n) is 4.70. The van der Waals surface area contributed by atoms with Crippen LogP contribution in [-0.2, 0) is 0 Å². The third kappa shape index (κ3) is 3.61. The quantitative estimate of drug-likeness (QED) is 0.899. The number of benzene rings is 2. The van der Waals surface area contributed by atoms with Gasteiger partial charge in [-0.05, 0) is 61.9 Å². The van der Waals surface area contributed by atoms with E-state index in [-0.39, 0.29) is 5.91 Å². The van der Waals surface area contributed by atoms with Crippen molar-refractivity contribution in [3.05, 3.63) is 59.2 Å². The summed E-state index contributed by atoms with van der Waals surface area (Å²) in [5.74, 6) is -0.153. The Labute approximate surface area is 124 Å². The number of nitrogens with one attached hydrogen (secondary N) is 2. The summed E-state index contributed by atoms with van der Waals surface area (Å²) in [6.45, 7) is 4.78. The second kappa shape index (κ2) is 6.58. The summed E-state index contributed by atoms with van der Waals surface area (Å²) in [5, 5.41) is 14.8. The van der Waals surface area contributed by atoms with Crippen LogP contribution in [0.3, 0.4) is 0 Å². The van der Waals surface area contributed by atoms with Crippen molar-refractivity contribution in [1.82, 2.24) is 0 Å². The first-order valence-corrected chi connectivity index (χ1v) is 6.80. The van der Waals surface area contributed by atoms with Gasteiger partial charge in [-0.2, -0.15) is 5.26 Å². The van der Waals surface area contributed by atoms with Crippen LogP contribution in [0.15, 0.2) is 42.5 Å². The van der Waals surface area contributed by atoms with E-state index in [1.54, 1.807) is 24.3 Å². The van der Waals surface area contributed by atoms with E-state index in [4.69, 9.17) is 5.26 Å². The molecule has 0 aliphatic heterocycles. The third-order valence-corrected chi connectivity index (χ3v) is 3.12. The molecule has 21 heavy (non-hydrogen) atoms. The summed E-state index contributed by atoms with van der Waals surface area (Å²) in [7, 11) is 0. The molecule has 1 amide bonds. The predicted molar refractivity (Wildman–Crippen MR) is 84.5 cm³/mol. The largest absolute Gasteiger partial charge is 0.385 e. The van der Waals surface area contributed by atoms with Crippen LogP contribution in [-0.4, -0.2) is 12.5 Å². The van der Waals surface area contributed by atoms with E-state index in [9.17, 15) is 4.79 Å². The van der Waals surface area contributed by atoms with E-state index in [1.807, 2.05) is 38.1 Å². The molecule has 0 fully saturated rings. The number of anilines is 2. The fraction of sp³-hybridized carbons (Fsp3) is 0.176. The molecule has 0 aliphatic carbocycles. The molecule has 4 nitrogen and oxygen atoms in total. The highest BCUT2D eigenvalue weighted by molar-refractivity contribution is 6.05. The number of carbonyl (C=O) groups excluding carboxylic acids is 1. The van der Waals surface area contributed by atoms with E-state index >= 15 is 0 Å². The number of nitrogens with zero attached hydrogens (tertiary/aromatic N) is 1. The molecular formula is C17H17N3O. The van der Waals surface area contributed by atoms with Gasteiger partial charge in [0.2, 0.25) is 0 Å². The lowest BCUT2D eigenvalue weighted by atomic mass is 10.1. The lowest BCUT2D eigenvalue weighted by Gasteiger charge is -2.10. The van der Waals surface area contributed by atoms with E-state index in [2.05, 4.69) is 10.6 Å². The first-order valence-electron chi connectivity index (χ1n) is 6.80. The first kappa shape index (κ1) is 14.6. The summed E-state index contributed by atoms with van der Waals surface area (Å²) in [5.41, 5.74) is 3.80. The Morgan fingerprint density at radius 3 is 2.38 bits per heavy atom. The number of nitriles is 1. The molecule has 106 valence electrons. The average Bonchev–Trinajstić information content (AvgIpc) is 2.48. The Balaban J connectivity index is 2.14. The first-order chi connectivity index (χ1) is 10.1. The maximum Gasteiger partial charge on any atom is 0.255 e. The summed E-state index contributed by atoms with van der Waals surface area (Å²) in [6.07, 6.45) is 0. The number of rotatable bonds is 4. The minimum atomic E-state index is -0.153. The molecule has 2 aromatic rings. The van der Waals surface area contributed by atoms with Crippen LogP contribution in [0.4, 0.5) is 11.4 Å². The van der Waals surface area contributed by atoms with E-state index in [0.29, 0.717) is 16.8 Å². The average molecular weight is 279 g/mol. The van der Waals surface area contributed by atoms with Crippen LogP contribution < -0.4 is 10.6 Å². The normalized spacial score (nSPS) is 9.76. The van der Waals surface area contributed by atoms with Gasteiger partial charge in [-0.25, -0.2) is 0 Å². The van der Waals surface area contributed by atoms with Crippen LogP contribution in [0.1, 0.15) is 28.4 Å². The maximum absolute atomic E-state index is 12.3. The summed E-state index contributed by atoms with van der Waals surface area (Å²) < 4.78 is 0. The third-order valence-electron chi connectivity index (χ3n) is 3.12. The Morgan fingerprint density at radius 1 is 1.14 bits per heavy atom. The van der Waals surface area contributed by atoms with Gasteiger partial charge in [-0.15, -0.1) is 0 Å². The second-order valence-corrected chi connectivity index (χ2v) is 4.70. The SMILES string of the molecule is CCNc1ccc(C(=O)Nc2ccc(C#N)cc2)c(C)c1. The number of amides is 1. The molecular weight excluding hydrogens is 262 g/mol. The zero-order valence-electron chi connectivity index (χ0n) is 12.1. The van der Waals surface area contributed by atoms with Gasteiger partial charge in [-0.3, -0.25) is 4.79 Å². The number of aryl methyl sites for hydroxylation is 1. The molecule has 0 heterocycles. The van der Waals surface area contributed by atoms with Crippen molar-refractivity contribution < 1.29 is 4.79 Å². The summed E-state index contributed by atoms with van der Waals surface area (Å²) >= 11 is 0. The predicted octanol–water partition coefficient (Wildman–Crippen LogP) is 3.55. The van der Waals surface area contributed by atoms with Gasteiger partial charge < -0.3 is 10.6 Å². The molecule has 0 bridgehead atoms. The monoisotopic (exact) mass is 279 g/mol. The molecule has 0 unspecified atom stereocenters. The Hall–Kier alpha value is -2.80. The fourth-order valence-corrected chi connectivity index (χ4v) is 2.06. The van der Waals surface area contributed by atoms with Crippen molar-refractivity contribution >= 4 is 17.3 Å². The van der Waals surface area contributed by atoms with Gasteiger partial charge in [-0.1, -0.05) is 0 Å². The molecule has 0 atom stereocenters. The van der Waals surface area contributed by atoms with Gasteiger partial charge in [0.1, 0.15) is 0 Å². The van der Waals surface area contributed by atoms with Crippen molar-refractivity contribution in [2.45, 2.75) is 13.8 Å². The van der Waals surface area contributed by atoms with Crippen molar-refractivity contribution in [3.8, 4) is 6.07 Å². The van der Waals surface area contributed by atoms with Gasteiger partial charge in [0, 0.05) is 23.5 Å². The molecule has 0 radical (unpaired) electrons. The minimum absolute atomic E-state index is 0.153. The molecule has 2 N–H and O–H groups in total. The molecule has 0 aliphatic rings. The zero-order chi connectivity index (χ0) is 15.2. The highest BCUT2D eigenvalue weighted by Crippen LogP contribution is 2.17. The number of carbonyl (C=O) groups is 1. The molecule has 0 saturated heterocycles. The fourth-order valence-electron chi connectivity index (χ4n) is 2.06. The van der Waals surface area contributed by atoms with Crippen LogP contribution in [0, 0.1) is 18.3 Å². The van der Waals surface area contributed by atoms with Gasteiger partial charge in [0.05, 0.1) is 11.6 Å². The Morgan fingerprint density at radius 2 is 1.81 bits per heavy atom. The van der Waals surface area contributed by atoms with E-state index in [1.165, 1.54) is 0 Å². The van der Waals surface area contributed by atoms with Crippen molar-refractivity contribution in [3.63, 3.8) is 0 Å². The number of hydrogen-bond donors (Lipinski definition) is 2. The van der Waals surface area contributed by atoms with E-state index < -0.39 is 0 Å². The molecule has 4 heteroatoms. The lowest BCUT2D eigenvalue weighted by molar-refractivity contribution is 0.102. The zero-order valence-corrected chi connectivity index (χ0v) is 12.1. The molecule has 0 aromatic heterocycles. The van der Waals surface area contributed by atoms with Gasteiger partial charge >= 0.3 is 0 Å². The topological polar surface area (TPSA) is 64.9 Å². The molecule has 0 saturated carbocycles. The van der Waals surface area contributed by atoms with Crippen LogP contribution in [0.5, 0.6) is 0 Å². The lowest BCUT2D eigenvalue weighted by Crippen LogP contribution is -2.13.